The number of hydrogen-bond acceptors (Lipinski definition) is 6. The molecule has 0 saturated carbocycles. The smallest absolute Gasteiger partial charge is 0.225 e. The molecule has 0 aliphatic rings. The van der Waals surface area contributed by atoms with Gasteiger partial charge in [-0.2, -0.15) is 17.0 Å². The van der Waals surface area contributed by atoms with Gasteiger partial charge in [0.25, 0.3) is 0 Å². The molecule has 1 aromatic heterocycles. The van der Waals surface area contributed by atoms with Crippen LogP contribution in [0.5, 0.6) is 0 Å². The Morgan fingerprint density at radius 3 is 3.11 bits per heavy atom. The second-order valence-corrected chi connectivity index (χ2v) is 5.55. The highest BCUT2D eigenvalue weighted by molar-refractivity contribution is 7.99. The number of nitriles is 1. The summed E-state index contributed by atoms with van der Waals surface area (Å²) in [6, 6.07) is 3.66. The maximum absolute atomic E-state index is 11.6. The van der Waals surface area contributed by atoms with Crippen LogP contribution in [-0.4, -0.2) is 40.3 Å². The van der Waals surface area contributed by atoms with Gasteiger partial charge < -0.3 is 15.5 Å². The molecule has 1 aromatic rings. The number of amides is 1. The Kier molecular flexibility index (Phi) is 6.75. The van der Waals surface area contributed by atoms with Crippen molar-refractivity contribution in [2.45, 2.75) is 12.5 Å². The second-order valence-electron chi connectivity index (χ2n) is 3.48. The van der Waals surface area contributed by atoms with Crippen molar-refractivity contribution in [2.24, 2.45) is 0 Å². The Hall–Kier alpha value is -1.07. The van der Waals surface area contributed by atoms with E-state index in [0.29, 0.717) is 28.5 Å². The van der Waals surface area contributed by atoms with E-state index in [1.165, 1.54) is 23.1 Å². The molecule has 0 aliphatic heterocycles. The number of carbonyl (C=O) groups is 1. The molecule has 98 valence electrons. The van der Waals surface area contributed by atoms with Crippen molar-refractivity contribution in [2.75, 3.05) is 23.4 Å². The molecule has 0 fully saturated rings. The summed E-state index contributed by atoms with van der Waals surface area (Å²) in [5, 5.41) is 31.5. The lowest BCUT2D eigenvalue weighted by molar-refractivity contribution is -0.115. The number of thiophene rings is 1. The monoisotopic (exact) mass is 286 g/mol. The predicted octanol–water partition coefficient (Wildman–Crippen LogP) is 1.03. The van der Waals surface area contributed by atoms with Crippen LogP contribution in [-0.2, 0) is 4.79 Å². The molecule has 1 rings (SSSR count). The first kappa shape index (κ1) is 15.0. The zero-order valence-electron chi connectivity index (χ0n) is 9.63. The van der Waals surface area contributed by atoms with Crippen LogP contribution in [0, 0.1) is 11.3 Å². The van der Waals surface area contributed by atoms with Gasteiger partial charge in [0.05, 0.1) is 18.3 Å². The van der Waals surface area contributed by atoms with Gasteiger partial charge in [0.1, 0.15) is 11.1 Å². The van der Waals surface area contributed by atoms with Crippen molar-refractivity contribution >= 4 is 34.0 Å². The van der Waals surface area contributed by atoms with E-state index >= 15 is 0 Å². The van der Waals surface area contributed by atoms with E-state index in [1.807, 2.05) is 6.07 Å². The minimum Gasteiger partial charge on any atom is -0.394 e. The van der Waals surface area contributed by atoms with Crippen LogP contribution in [0.2, 0.25) is 0 Å². The summed E-state index contributed by atoms with van der Waals surface area (Å²) in [5.41, 5.74) is 0.469. The molecule has 0 aromatic carbocycles. The SMILES string of the molecule is N#Cc1ccsc1NC(=O)CCSCC(O)CO. The summed E-state index contributed by atoms with van der Waals surface area (Å²) in [6.45, 7) is -0.264. The van der Waals surface area contributed by atoms with Crippen LogP contribution in [0.3, 0.4) is 0 Å². The van der Waals surface area contributed by atoms with Crippen molar-refractivity contribution in [3.05, 3.63) is 17.0 Å². The van der Waals surface area contributed by atoms with Gasteiger partial charge in [-0.15, -0.1) is 11.3 Å². The highest BCUT2D eigenvalue weighted by atomic mass is 32.2. The summed E-state index contributed by atoms with van der Waals surface area (Å²) in [4.78, 5) is 11.6. The largest absolute Gasteiger partial charge is 0.394 e. The summed E-state index contributed by atoms with van der Waals surface area (Å²) in [6.07, 6.45) is -0.425. The Labute approximate surface area is 113 Å². The van der Waals surface area contributed by atoms with Gasteiger partial charge in [-0.3, -0.25) is 4.79 Å². The lowest BCUT2D eigenvalue weighted by atomic mass is 10.3. The maximum Gasteiger partial charge on any atom is 0.225 e. The molecule has 18 heavy (non-hydrogen) atoms. The highest BCUT2D eigenvalue weighted by Gasteiger charge is 2.08. The molecule has 0 spiro atoms. The zero-order chi connectivity index (χ0) is 13.4. The lowest BCUT2D eigenvalue weighted by Crippen LogP contribution is -2.16. The Morgan fingerprint density at radius 1 is 1.67 bits per heavy atom. The van der Waals surface area contributed by atoms with Crippen LogP contribution in [0.15, 0.2) is 11.4 Å². The number of rotatable bonds is 7. The van der Waals surface area contributed by atoms with Crippen LogP contribution in [0.25, 0.3) is 0 Å². The fourth-order valence-electron chi connectivity index (χ4n) is 1.12. The van der Waals surface area contributed by atoms with Crippen molar-refractivity contribution in [3.63, 3.8) is 0 Å². The minimum atomic E-state index is -0.736. The van der Waals surface area contributed by atoms with Gasteiger partial charge in [-0.1, -0.05) is 0 Å². The van der Waals surface area contributed by atoms with Crippen LogP contribution in [0.4, 0.5) is 5.00 Å². The molecule has 0 aliphatic carbocycles. The molecule has 5 nitrogen and oxygen atoms in total. The molecule has 0 saturated heterocycles. The summed E-state index contributed by atoms with van der Waals surface area (Å²) in [5.74, 6) is 0.822. The Bertz CT molecular complexity index is 428. The van der Waals surface area contributed by atoms with Gasteiger partial charge in [-0.05, 0) is 11.4 Å². The first-order valence-electron chi connectivity index (χ1n) is 5.31. The molecular weight excluding hydrogens is 272 g/mol. The average molecular weight is 286 g/mol. The maximum atomic E-state index is 11.6. The number of aliphatic hydroxyl groups excluding tert-OH is 2. The molecule has 1 unspecified atom stereocenters. The van der Waals surface area contributed by atoms with Crippen molar-refractivity contribution in [3.8, 4) is 6.07 Å². The summed E-state index contributed by atoms with van der Waals surface area (Å²) in [7, 11) is 0. The first-order chi connectivity index (χ1) is 8.67. The van der Waals surface area contributed by atoms with Gasteiger partial charge >= 0.3 is 0 Å². The van der Waals surface area contributed by atoms with E-state index in [-0.39, 0.29) is 12.5 Å². The molecule has 0 bridgehead atoms. The van der Waals surface area contributed by atoms with E-state index in [2.05, 4.69) is 5.32 Å². The normalized spacial score (nSPS) is 11.8. The number of thioether (sulfide) groups is 1. The van der Waals surface area contributed by atoms with Crippen molar-refractivity contribution < 1.29 is 15.0 Å². The number of nitrogens with zero attached hydrogens (tertiary/aromatic N) is 1. The number of nitrogens with one attached hydrogen (secondary N) is 1. The number of hydrogen-bond donors (Lipinski definition) is 3. The zero-order valence-corrected chi connectivity index (χ0v) is 11.3. The van der Waals surface area contributed by atoms with E-state index in [4.69, 9.17) is 15.5 Å². The van der Waals surface area contributed by atoms with Crippen molar-refractivity contribution in [1.82, 2.24) is 0 Å². The predicted molar refractivity (Wildman–Crippen MR) is 72.7 cm³/mol. The molecule has 1 atom stereocenters. The van der Waals surface area contributed by atoms with E-state index in [0.717, 1.165) is 0 Å². The second kappa shape index (κ2) is 8.11. The summed E-state index contributed by atoms with van der Waals surface area (Å²) >= 11 is 2.72. The third-order valence-corrected chi connectivity index (χ3v) is 3.98. The van der Waals surface area contributed by atoms with Crippen LogP contribution in [0.1, 0.15) is 12.0 Å². The molecule has 1 amide bonds. The lowest BCUT2D eigenvalue weighted by Gasteiger charge is -2.06. The van der Waals surface area contributed by atoms with Gasteiger partial charge in [0, 0.05) is 17.9 Å². The standard InChI is InChI=1S/C11H14N2O3S2/c12-5-8-1-4-18-11(8)13-10(16)2-3-17-7-9(15)6-14/h1,4,9,14-15H,2-3,6-7H2,(H,13,16). The first-order valence-corrected chi connectivity index (χ1v) is 7.35. The fourth-order valence-corrected chi connectivity index (χ4v) is 2.75. The quantitative estimate of drug-likeness (QED) is 0.651. The van der Waals surface area contributed by atoms with E-state index in [1.54, 1.807) is 11.4 Å². The molecule has 1 heterocycles. The molecule has 3 N–H and O–H groups in total. The molecular formula is C11H14N2O3S2. The highest BCUT2D eigenvalue weighted by Crippen LogP contribution is 2.22. The molecule has 0 radical (unpaired) electrons. The third-order valence-electron chi connectivity index (χ3n) is 2.03. The molecule has 7 heteroatoms. The van der Waals surface area contributed by atoms with Gasteiger partial charge in [0.2, 0.25) is 5.91 Å². The minimum absolute atomic E-state index is 0.153. The summed E-state index contributed by atoms with van der Waals surface area (Å²) < 4.78 is 0. The van der Waals surface area contributed by atoms with Crippen LogP contribution >= 0.6 is 23.1 Å². The van der Waals surface area contributed by atoms with E-state index < -0.39 is 6.10 Å². The fraction of sp³-hybridized carbons (Fsp3) is 0.455. The average Bonchev–Trinajstić information content (AvgIpc) is 2.81. The Morgan fingerprint density at radius 2 is 2.44 bits per heavy atom. The van der Waals surface area contributed by atoms with Gasteiger partial charge in [0.15, 0.2) is 0 Å². The number of anilines is 1. The van der Waals surface area contributed by atoms with Crippen molar-refractivity contribution in [1.29, 1.82) is 5.26 Å². The van der Waals surface area contributed by atoms with Crippen LogP contribution < -0.4 is 5.32 Å². The topological polar surface area (TPSA) is 93.4 Å². The van der Waals surface area contributed by atoms with E-state index in [9.17, 15) is 4.79 Å². The third kappa shape index (κ3) is 5.06. The Balaban J connectivity index is 2.24. The number of carbonyl (C=O) groups excluding carboxylic acids is 1. The number of aliphatic hydroxyl groups is 2. The van der Waals surface area contributed by atoms with Gasteiger partial charge in [-0.25, -0.2) is 0 Å².